The third-order valence-electron chi connectivity index (χ3n) is 3.30. The summed E-state index contributed by atoms with van der Waals surface area (Å²) in [7, 11) is 1.97. The van der Waals surface area contributed by atoms with Crippen LogP contribution in [-0.2, 0) is 12.6 Å². The Balaban J connectivity index is 2.15. The van der Waals surface area contributed by atoms with Crippen molar-refractivity contribution in [2.75, 3.05) is 0 Å². The molecule has 0 atom stereocenters. The molecule has 2 fully saturated rings. The van der Waals surface area contributed by atoms with E-state index < -0.39 is 0 Å². The molecule has 3 rings (SSSR count). The number of rotatable bonds is 2. The van der Waals surface area contributed by atoms with Crippen LogP contribution in [0.2, 0.25) is 5.15 Å². The predicted octanol–water partition coefficient (Wildman–Crippen LogP) is 1.90. The molecule has 1 heterocycles. The summed E-state index contributed by atoms with van der Waals surface area (Å²) >= 11 is 6.13. The van der Waals surface area contributed by atoms with Crippen molar-refractivity contribution in [3.63, 3.8) is 0 Å². The van der Waals surface area contributed by atoms with Crippen molar-refractivity contribution >= 4 is 11.6 Å². The van der Waals surface area contributed by atoms with E-state index >= 15 is 0 Å². The molecule has 2 aliphatic carbocycles. The molecule has 0 saturated heterocycles. The maximum atomic E-state index is 6.21. The molecule has 0 bridgehead atoms. The molecular formula is C10H14ClN3. The highest BCUT2D eigenvalue weighted by molar-refractivity contribution is 6.30. The second-order valence-electron chi connectivity index (χ2n) is 4.61. The van der Waals surface area contributed by atoms with Crippen molar-refractivity contribution in [2.45, 2.75) is 37.1 Å². The summed E-state index contributed by atoms with van der Waals surface area (Å²) in [5.74, 6) is 0.663. The van der Waals surface area contributed by atoms with Crippen LogP contribution < -0.4 is 5.73 Å². The summed E-state index contributed by atoms with van der Waals surface area (Å²) in [5, 5.41) is 4.90. The van der Waals surface area contributed by atoms with Gasteiger partial charge in [0.1, 0.15) is 0 Å². The zero-order valence-corrected chi connectivity index (χ0v) is 9.01. The fraction of sp³-hybridized carbons (Fsp3) is 0.700. The van der Waals surface area contributed by atoms with E-state index in [1.54, 1.807) is 0 Å². The van der Waals surface area contributed by atoms with Crippen molar-refractivity contribution in [3.05, 3.63) is 16.4 Å². The van der Waals surface area contributed by atoms with E-state index in [9.17, 15) is 0 Å². The number of aryl methyl sites for hydroxylation is 1. The molecule has 2 saturated carbocycles. The summed E-state index contributed by atoms with van der Waals surface area (Å²) in [6.07, 6.45) is 4.63. The van der Waals surface area contributed by atoms with Crippen LogP contribution in [0.5, 0.6) is 0 Å². The molecule has 1 aromatic rings. The van der Waals surface area contributed by atoms with Gasteiger partial charge in [-0.15, -0.1) is 0 Å². The Kier molecular flexibility index (Phi) is 1.58. The van der Waals surface area contributed by atoms with Gasteiger partial charge in [0.2, 0.25) is 0 Å². The van der Waals surface area contributed by atoms with Gasteiger partial charge in [-0.3, -0.25) is 4.68 Å². The summed E-state index contributed by atoms with van der Waals surface area (Å²) in [4.78, 5) is 0. The zero-order valence-electron chi connectivity index (χ0n) is 8.26. The molecule has 2 N–H and O–H groups in total. The summed E-state index contributed by atoms with van der Waals surface area (Å²) in [6.45, 7) is 0. The van der Waals surface area contributed by atoms with Gasteiger partial charge in [0.25, 0.3) is 0 Å². The maximum absolute atomic E-state index is 6.21. The molecule has 0 unspecified atom stereocenters. The van der Waals surface area contributed by atoms with Crippen LogP contribution in [0, 0.1) is 0 Å². The summed E-state index contributed by atoms with van der Waals surface area (Å²) in [5.41, 5.74) is 8.48. The van der Waals surface area contributed by atoms with Gasteiger partial charge < -0.3 is 5.73 Å². The lowest BCUT2D eigenvalue weighted by molar-refractivity contribution is 0.683. The fourth-order valence-corrected chi connectivity index (χ4v) is 2.57. The average Bonchev–Trinajstić information content (AvgIpc) is 2.97. The minimum atomic E-state index is -0.150. The van der Waals surface area contributed by atoms with Crippen LogP contribution in [0.25, 0.3) is 0 Å². The molecule has 14 heavy (non-hydrogen) atoms. The molecule has 76 valence electrons. The first-order valence-electron chi connectivity index (χ1n) is 5.13. The molecule has 0 amide bonds. The number of nitrogens with two attached hydrogens (primary N) is 1. The van der Waals surface area contributed by atoms with Crippen molar-refractivity contribution in [2.24, 2.45) is 12.8 Å². The molecule has 1 aromatic heterocycles. The second-order valence-corrected chi connectivity index (χ2v) is 4.96. The maximum Gasteiger partial charge on any atom is 0.156 e. The Hall–Kier alpha value is -0.540. The van der Waals surface area contributed by atoms with Gasteiger partial charge in [-0.2, -0.15) is 5.10 Å². The van der Waals surface area contributed by atoms with Gasteiger partial charge in [0.05, 0.1) is 0 Å². The normalized spacial score (nSPS) is 23.9. The number of nitrogens with zero attached hydrogens (tertiary/aromatic N) is 2. The molecule has 0 aliphatic heterocycles. The van der Waals surface area contributed by atoms with Crippen molar-refractivity contribution < 1.29 is 0 Å². The second kappa shape index (κ2) is 2.52. The molecule has 3 nitrogen and oxygen atoms in total. The van der Waals surface area contributed by atoms with Crippen molar-refractivity contribution in [3.8, 4) is 0 Å². The average molecular weight is 212 g/mol. The Bertz CT molecular complexity index is 388. The highest BCUT2D eigenvalue weighted by Crippen LogP contribution is 2.52. The minimum absolute atomic E-state index is 0.150. The monoisotopic (exact) mass is 211 g/mol. The quantitative estimate of drug-likeness (QED) is 0.812. The highest BCUT2D eigenvalue weighted by Gasteiger charge is 2.47. The minimum Gasteiger partial charge on any atom is -0.321 e. The number of halogens is 1. The number of hydrogen-bond acceptors (Lipinski definition) is 2. The van der Waals surface area contributed by atoms with Crippen LogP contribution in [0.3, 0.4) is 0 Å². The summed E-state index contributed by atoms with van der Waals surface area (Å²) < 4.78 is 1.92. The van der Waals surface area contributed by atoms with E-state index in [-0.39, 0.29) is 5.54 Å². The van der Waals surface area contributed by atoms with E-state index in [0.29, 0.717) is 11.1 Å². The predicted molar refractivity (Wildman–Crippen MR) is 55.3 cm³/mol. The third kappa shape index (κ3) is 1.12. The van der Waals surface area contributed by atoms with Gasteiger partial charge >= 0.3 is 0 Å². The lowest BCUT2D eigenvalue weighted by atomic mass is 10.0. The Morgan fingerprint density at radius 1 is 1.50 bits per heavy atom. The van der Waals surface area contributed by atoms with Crippen LogP contribution in [0.4, 0.5) is 0 Å². The largest absolute Gasteiger partial charge is 0.321 e. The van der Waals surface area contributed by atoms with E-state index in [1.165, 1.54) is 18.5 Å². The molecule has 0 spiro atoms. The van der Waals surface area contributed by atoms with E-state index in [4.69, 9.17) is 17.3 Å². The first-order valence-corrected chi connectivity index (χ1v) is 5.51. The van der Waals surface area contributed by atoms with Gasteiger partial charge in [-0.05, 0) is 25.7 Å². The Morgan fingerprint density at radius 2 is 2.14 bits per heavy atom. The SMILES string of the molecule is Cn1nc(Cl)c(C2(N)CC2)c1C1CC1. The van der Waals surface area contributed by atoms with E-state index in [2.05, 4.69) is 5.10 Å². The molecule has 4 heteroatoms. The van der Waals surface area contributed by atoms with Crippen LogP contribution >= 0.6 is 11.6 Å². The molecule has 2 aliphatic rings. The van der Waals surface area contributed by atoms with Crippen molar-refractivity contribution in [1.29, 1.82) is 0 Å². The highest BCUT2D eigenvalue weighted by atomic mass is 35.5. The van der Waals surface area contributed by atoms with Crippen LogP contribution in [0.15, 0.2) is 0 Å². The van der Waals surface area contributed by atoms with E-state index in [1.807, 2.05) is 11.7 Å². The number of hydrogen-bond donors (Lipinski definition) is 1. The van der Waals surface area contributed by atoms with Crippen molar-refractivity contribution in [1.82, 2.24) is 9.78 Å². The van der Waals surface area contributed by atoms with Crippen LogP contribution in [-0.4, -0.2) is 9.78 Å². The van der Waals surface area contributed by atoms with Gasteiger partial charge in [0, 0.05) is 29.8 Å². The standard InChI is InChI=1S/C10H14ClN3/c1-14-8(6-2-3-6)7(9(11)13-14)10(12)4-5-10/h6H,2-5,12H2,1H3. The fourth-order valence-electron chi connectivity index (χ4n) is 2.17. The van der Waals surface area contributed by atoms with Gasteiger partial charge in [0.15, 0.2) is 5.15 Å². The first kappa shape index (κ1) is 8.74. The summed E-state index contributed by atoms with van der Waals surface area (Å²) in [6, 6.07) is 0. The Morgan fingerprint density at radius 3 is 2.64 bits per heavy atom. The topological polar surface area (TPSA) is 43.8 Å². The molecule has 0 aromatic carbocycles. The van der Waals surface area contributed by atoms with E-state index in [0.717, 1.165) is 18.4 Å². The molecule has 0 radical (unpaired) electrons. The third-order valence-corrected chi connectivity index (χ3v) is 3.56. The first-order chi connectivity index (χ1) is 6.62. The van der Waals surface area contributed by atoms with Gasteiger partial charge in [-0.1, -0.05) is 11.6 Å². The Labute approximate surface area is 88.2 Å². The number of aromatic nitrogens is 2. The lowest BCUT2D eigenvalue weighted by Crippen LogP contribution is -2.20. The molecular weight excluding hydrogens is 198 g/mol. The zero-order chi connectivity index (χ0) is 9.92. The van der Waals surface area contributed by atoms with Crippen LogP contribution in [0.1, 0.15) is 42.9 Å². The smallest absolute Gasteiger partial charge is 0.156 e. The van der Waals surface area contributed by atoms with Gasteiger partial charge in [-0.25, -0.2) is 0 Å². The lowest BCUT2D eigenvalue weighted by Gasteiger charge is -2.10.